The van der Waals surface area contributed by atoms with Gasteiger partial charge in [0, 0.05) is 43.1 Å². The monoisotopic (exact) mass is 564 g/mol. The van der Waals surface area contributed by atoms with E-state index in [0.29, 0.717) is 48.9 Å². The van der Waals surface area contributed by atoms with Gasteiger partial charge in [0.15, 0.2) is 0 Å². The average molecular weight is 565 g/mol. The second kappa shape index (κ2) is 12.2. The third-order valence-electron chi connectivity index (χ3n) is 9.67. The van der Waals surface area contributed by atoms with Crippen LogP contribution >= 0.6 is 0 Å². The molecular weight excluding hydrogens is 524 g/mol. The fraction of sp³-hybridized carbons (Fsp3) is 0.417. The largest absolute Gasteiger partial charge is 0.507 e. The lowest BCUT2D eigenvalue weighted by Gasteiger charge is -2.47. The molecule has 3 atom stereocenters. The number of aromatic hydroxyl groups is 1. The Hall–Kier alpha value is -3.77. The average Bonchev–Trinajstić information content (AvgIpc) is 3.84. The summed E-state index contributed by atoms with van der Waals surface area (Å²) in [6.45, 7) is 4.80. The molecule has 0 radical (unpaired) electrons. The van der Waals surface area contributed by atoms with Gasteiger partial charge < -0.3 is 10.4 Å². The van der Waals surface area contributed by atoms with Gasteiger partial charge in [-0.3, -0.25) is 19.3 Å². The normalized spacial score (nSPS) is 21.5. The maximum atomic E-state index is 13.2. The van der Waals surface area contributed by atoms with E-state index < -0.39 is 0 Å². The number of nitrogens with zero attached hydrogens (tertiary/aromatic N) is 1. The molecule has 0 aromatic heterocycles. The number of benzene rings is 3. The number of Topliss-reactive ketones (excluding diaryl/α,β-unsaturated/α-hetero) is 1. The Morgan fingerprint density at radius 1 is 0.976 bits per heavy atom. The maximum absolute atomic E-state index is 13.2. The molecule has 6 nitrogen and oxygen atoms in total. The first kappa shape index (κ1) is 28.4. The van der Waals surface area contributed by atoms with Crippen LogP contribution in [0.1, 0.15) is 82.4 Å². The van der Waals surface area contributed by atoms with Crippen LogP contribution in [-0.2, 0) is 17.6 Å². The second-order valence-electron chi connectivity index (χ2n) is 12.3. The summed E-state index contributed by atoms with van der Waals surface area (Å²) < 4.78 is 0. The van der Waals surface area contributed by atoms with Crippen LogP contribution in [0.25, 0.3) is 11.1 Å². The van der Waals surface area contributed by atoms with Crippen LogP contribution in [0, 0.1) is 11.8 Å². The first-order valence-electron chi connectivity index (χ1n) is 15.5. The molecule has 0 bridgehead atoms. The number of carbonyl (C=O) groups excluding carboxylic acids is 3. The number of hydrogen-bond acceptors (Lipinski definition) is 5. The van der Waals surface area contributed by atoms with Gasteiger partial charge in [-0.1, -0.05) is 61.5 Å². The molecule has 2 N–H and O–H groups in total. The van der Waals surface area contributed by atoms with Crippen LogP contribution in [0.15, 0.2) is 60.7 Å². The van der Waals surface area contributed by atoms with Crippen LogP contribution in [0.5, 0.6) is 5.75 Å². The molecule has 0 spiro atoms. The molecule has 6 heteroatoms. The van der Waals surface area contributed by atoms with Crippen LogP contribution < -0.4 is 5.32 Å². The molecule has 6 rings (SSSR count). The summed E-state index contributed by atoms with van der Waals surface area (Å²) in [6, 6.07) is 19.8. The molecule has 42 heavy (non-hydrogen) atoms. The Morgan fingerprint density at radius 3 is 2.36 bits per heavy atom. The molecule has 0 heterocycles. The lowest BCUT2D eigenvalue weighted by molar-refractivity contribution is -0.122. The number of rotatable bonds is 10. The zero-order valence-electron chi connectivity index (χ0n) is 24.4. The van der Waals surface area contributed by atoms with E-state index in [2.05, 4.69) is 17.1 Å². The highest BCUT2D eigenvalue weighted by Crippen LogP contribution is 2.50. The van der Waals surface area contributed by atoms with E-state index >= 15 is 0 Å². The van der Waals surface area contributed by atoms with E-state index in [1.54, 1.807) is 6.07 Å². The number of likely N-dealkylation sites (N-methyl/N-ethyl adjacent to an activating group) is 1. The van der Waals surface area contributed by atoms with E-state index in [-0.39, 0.29) is 23.4 Å². The minimum absolute atomic E-state index is 0.0332. The number of fused-ring (bicyclic) bond motifs is 3. The number of amides is 1. The molecule has 1 unspecified atom stereocenters. The number of hydrogen-bond donors (Lipinski definition) is 2. The molecule has 218 valence electrons. The molecule has 2 fully saturated rings. The van der Waals surface area contributed by atoms with E-state index in [1.165, 1.54) is 12.8 Å². The summed E-state index contributed by atoms with van der Waals surface area (Å²) in [4.78, 5) is 39.4. The fourth-order valence-corrected chi connectivity index (χ4v) is 7.17. The Morgan fingerprint density at radius 2 is 1.69 bits per heavy atom. The number of carbonyl (C=O) groups is 3. The molecule has 3 aliphatic carbocycles. The van der Waals surface area contributed by atoms with Gasteiger partial charge in [0.05, 0.1) is 5.56 Å². The molecule has 0 aliphatic heterocycles. The molecular formula is C36H40N2O4. The van der Waals surface area contributed by atoms with Crippen molar-refractivity contribution >= 4 is 18.0 Å². The van der Waals surface area contributed by atoms with E-state index in [1.807, 2.05) is 54.6 Å². The van der Waals surface area contributed by atoms with Gasteiger partial charge in [0.25, 0.3) is 5.91 Å². The number of nitrogens with one attached hydrogen (secondary N) is 1. The van der Waals surface area contributed by atoms with Crippen molar-refractivity contribution in [3.63, 3.8) is 0 Å². The molecule has 3 aromatic carbocycles. The predicted octanol–water partition coefficient (Wildman–Crippen LogP) is 5.95. The SMILES string of the molecule is CCN(CC1CC1)[C@@H]1Cc2ccc(C(=O)NCCc3ccc(-c4ccc(C=O)cc4)cc3)c(O)c2C2CC(=O)CC[C@H]21. The minimum atomic E-state index is -0.285. The summed E-state index contributed by atoms with van der Waals surface area (Å²) in [5.41, 5.74) is 6.07. The number of aldehydes is 1. The quantitative estimate of drug-likeness (QED) is 0.297. The summed E-state index contributed by atoms with van der Waals surface area (Å²) in [5.74, 6) is 1.12. The maximum Gasteiger partial charge on any atom is 0.255 e. The molecule has 3 aromatic rings. The zero-order valence-corrected chi connectivity index (χ0v) is 24.4. The van der Waals surface area contributed by atoms with Crippen molar-refractivity contribution in [2.75, 3.05) is 19.6 Å². The van der Waals surface area contributed by atoms with Crippen LogP contribution in [0.3, 0.4) is 0 Å². The Kier molecular flexibility index (Phi) is 8.25. The third kappa shape index (κ3) is 5.91. The summed E-state index contributed by atoms with van der Waals surface area (Å²) in [7, 11) is 0. The number of phenolic OH excluding ortho intramolecular Hbond substituents is 1. The molecule has 2 saturated carbocycles. The van der Waals surface area contributed by atoms with Crippen molar-refractivity contribution in [2.45, 2.75) is 63.8 Å². The van der Waals surface area contributed by atoms with Gasteiger partial charge in [-0.2, -0.15) is 0 Å². The molecule has 3 aliphatic rings. The summed E-state index contributed by atoms with van der Waals surface area (Å²) >= 11 is 0. The van der Waals surface area contributed by atoms with Crippen LogP contribution in [0.2, 0.25) is 0 Å². The van der Waals surface area contributed by atoms with Gasteiger partial charge in [0.2, 0.25) is 0 Å². The van der Waals surface area contributed by atoms with Gasteiger partial charge in [-0.05, 0) is 84.7 Å². The Balaban J connectivity index is 1.13. The minimum Gasteiger partial charge on any atom is -0.507 e. The number of phenols is 1. The Labute approximate surface area is 248 Å². The van der Waals surface area contributed by atoms with E-state index in [0.717, 1.165) is 66.0 Å². The van der Waals surface area contributed by atoms with Crippen LogP contribution in [0.4, 0.5) is 0 Å². The topological polar surface area (TPSA) is 86.7 Å². The standard InChI is InChI=1S/C36H40N2O4/c1-2-38(21-24-3-4-24)33-19-28-13-15-31(35(41)34(28)32-20-29(40)14-16-30(32)33)36(42)37-18-17-23-5-9-26(10-6-23)27-11-7-25(22-39)8-12-27/h5-13,15,22,24,30,32-33,41H,2-4,14,16-21H2,1H3,(H,37,42)/t30-,32?,33-/m1/s1. The van der Waals surface area contributed by atoms with Crippen molar-refractivity contribution in [1.82, 2.24) is 10.2 Å². The van der Waals surface area contributed by atoms with E-state index in [4.69, 9.17) is 0 Å². The van der Waals surface area contributed by atoms with Gasteiger partial charge >= 0.3 is 0 Å². The highest BCUT2D eigenvalue weighted by molar-refractivity contribution is 5.97. The van der Waals surface area contributed by atoms with Crippen molar-refractivity contribution in [3.8, 4) is 16.9 Å². The smallest absolute Gasteiger partial charge is 0.255 e. The first-order chi connectivity index (χ1) is 20.4. The summed E-state index contributed by atoms with van der Waals surface area (Å²) in [5, 5.41) is 14.4. The lowest BCUT2D eigenvalue weighted by atomic mass is 9.64. The van der Waals surface area contributed by atoms with Gasteiger partial charge in [0.1, 0.15) is 17.8 Å². The van der Waals surface area contributed by atoms with Crippen molar-refractivity contribution in [3.05, 3.63) is 88.5 Å². The lowest BCUT2D eigenvalue weighted by Crippen LogP contribution is -2.49. The van der Waals surface area contributed by atoms with E-state index in [9.17, 15) is 19.5 Å². The second-order valence-corrected chi connectivity index (χ2v) is 12.3. The first-order valence-corrected chi connectivity index (χ1v) is 15.5. The third-order valence-corrected chi connectivity index (χ3v) is 9.67. The fourth-order valence-electron chi connectivity index (χ4n) is 7.17. The van der Waals surface area contributed by atoms with Crippen molar-refractivity contribution in [1.29, 1.82) is 0 Å². The Bertz CT molecular complexity index is 1460. The number of ketones is 1. The highest BCUT2D eigenvalue weighted by atomic mass is 16.3. The zero-order chi connectivity index (χ0) is 29.2. The van der Waals surface area contributed by atoms with Crippen molar-refractivity contribution in [2.24, 2.45) is 11.8 Å². The van der Waals surface area contributed by atoms with Gasteiger partial charge in [-0.15, -0.1) is 0 Å². The predicted molar refractivity (Wildman–Crippen MR) is 164 cm³/mol. The molecule has 0 saturated heterocycles. The van der Waals surface area contributed by atoms with Crippen molar-refractivity contribution < 1.29 is 19.5 Å². The molecule has 1 amide bonds. The summed E-state index contributed by atoms with van der Waals surface area (Å²) in [6.07, 6.45) is 6.91. The highest BCUT2D eigenvalue weighted by Gasteiger charge is 2.44. The van der Waals surface area contributed by atoms with Gasteiger partial charge in [-0.25, -0.2) is 0 Å². The van der Waals surface area contributed by atoms with Crippen LogP contribution in [-0.4, -0.2) is 53.7 Å².